The molecule has 278 valence electrons. The number of nitrogens with zero attached hydrogens (tertiary/aromatic N) is 5. The zero-order valence-electron chi connectivity index (χ0n) is 41.1. The van der Waals surface area contributed by atoms with Crippen LogP contribution in [-0.4, -0.2) is 27.2 Å². The lowest BCUT2D eigenvalue weighted by Crippen LogP contribution is -2.31. The molecule has 6 nitrogen and oxygen atoms in total. The summed E-state index contributed by atoms with van der Waals surface area (Å²) in [6.07, 6.45) is 7.75. The van der Waals surface area contributed by atoms with Crippen molar-refractivity contribution in [2.24, 2.45) is 0 Å². The number of hydrogen-bond acceptors (Lipinski definition) is 3. The SMILES string of the molecule is [2H]c1c([2H])c([2H])c(-c2cccc(-c3c([2H])c([2H])c([2H])c([2H])c3[2H])c2-[n+]2[c-]n(-c3cccc(Oc4ccc5c6ccccc6n(-c6ccc(N7CCCC7)cn6)c5c4)c3)c3ccccc32)c([2H])c1[2H]. The summed E-state index contributed by atoms with van der Waals surface area (Å²) in [7, 11) is 0. The molecular formula is C52H39N5O. The molecule has 1 aliphatic rings. The highest BCUT2D eigenvalue weighted by atomic mass is 16.5. The Morgan fingerprint density at radius 3 is 2.00 bits per heavy atom. The fourth-order valence-corrected chi connectivity index (χ4v) is 8.13. The van der Waals surface area contributed by atoms with Crippen LogP contribution in [-0.2, 0) is 0 Å². The summed E-state index contributed by atoms with van der Waals surface area (Å²) in [6, 6.07) is 32.9. The van der Waals surface area contributed by atoms with Crippen molar-refractivity contribution in [3.63, 3.8) is 0 Å². The van der Waals surface area contributed by atoms with Crippen molar-refractivity contribution < 1.29 is 23.0 Å². The van der Waals surface area contributed by atoms with Crippen LogP contribution in [0.25, 0.3) is 72.3 Å². The minimum atomic E-state index is -0.563. The minimum absolute atomic E-state index is 0.126. The molecule has 4 heterocycles. The summed E-state index contributed by atoms with van der Waals surface area (Å²) < 4.78 is 99.0. The first-order chi connectivity index (χ1) is 32.9. The molecule has 1 fully saturated rings. The lowest BCUT2D eigenvalue weighted by atomic mass is 9.95. The molecule has 0 unspecified atom stereocenters. The van der Waals surface area contributed by atoms with Gasteiger partial charge >= 0.3 is 0 Å². The lowest BCUT2D eigenvalue weighted by molar-refractivity contribution is -0.571. The lowest BCUT2D eigenvalue weighted by Gasteiger charge is -2.17. The summed E-state index contributed by atoms with van der Waals surface area (Å²) >= 11 is 0. The number of rotatable bonds is 8. The van der Waals surface area contributed by atoms with Gasteiger partial charge in [0.25, 0.3) is 6.33 Å². The second-order valence-electron chi connectivity index (χ2n) is 14.2. The van der Waals surface area contributed by atoms with Gasteiger partial charge in [0.05, 0.1) is 59.0 Å². The molecule has 0 aliphatic carbocycles. The molecular weight excluding hydrogens is 711 g/mol. The number of anilines is 1. The van der Waals surface area contributed by atoms with Crippen LogP contribution in [0.5, 0.6) is 11.5 Å². The second kappa shape index (κ2) is 14.3. The van der Waals surface area contributed by atoms with Crippen molar-refractivity contribution in [2.45, 2.75) is 12.8 Å². The molecule has 58 heavy (non-hydrogen) atoms. The van der Waals surface area contributed by atoms with Crippen molar-refractivity contribution in [2.75, 3.05) is 18.0 Å². The summed E-state index contributed by atoms with van der Waals surface area (Å²) in [6.45, 7) is 2.06. The van der Waals surface area contributed by atoms with E-state index in [4.69, 9.17) is 23.4 Å². The molecule has 3 aromatic heterocycles. The first-order valence-corrected chi connectivity index (χ1v) is 19.2. The quantitative estimate of drug-likeness (QED) is 0.114. The highest BCUT2D eigenvalue weighted by molar-refractivity contribution is 6.09. The van der Waals surface area contributed by atoms with E-state index in [1.54, 1.807) is 27.3 Å². The minimum Gasteiger partial charge on any atom is -0.458 e. The topological polar surface area (TPSA) is 39.1 Å². The van der Waals surface area contributed by atoms with E-state index in [1.807, 2.05) is 79.0 Å². The Morgan fingerprint density at radius 1 is 0.586 bits per heavy atom. The van der Waals surface area contributed by atoms with Crippen LogP contribution in [0, 0.1) is 6.33 Å². The van der Waals surface area contributed by atoms with Crippen LogP contribution in [0.15, 0.2) is 188 Å². The van der Waals surface area contributed by atoms with Crippen LogP contribution < -0.4 is 14.2 Å². The molecule has 10 aromatic rings. The van der Waals surface area contributed by atoms with Gasteiger partial charge in [0.1, 0.15) is 17.3 Å². The molecule has 0 radical (unpaired) electrons. The maximum absolute atomic E-state index is 9.00. The van der Waals surface area contributed by atoms with Gasteiger partial charge in [-0.2, -0.15) is 0 Å². The van der Waals surface area contributed by atoms with Gasteiger partial charge in [-0.25, -0.2) is 4.98 Å². The average Bonchev–Trinajstić information content (AvgIpc) is 4.12. The van der Waals surface area contributed by atoms with Gasteiger partial charge in [0, 0.05) is 29.9 Å². The van der Waals surface area contributed by atoms with Crippen molar-refractivity contribution in [1.29, 1.82) is 0 Å². The first-order valence-electron chi connectivity index (χ1n) is 24.2. The molecule has 1 saturated heterocycles. The fourth-order valence-electron chi connectivity index (χ4n) is 8.13. The van der Waals surface area contributed by atoms with Crippen molar-refractivity contribution >= 4 is 38.5 Å². The van der Waals surface area contributed by atoms with Gasteiger partial charge in [-0.1, -0.05) is 127 Å². The van der Waals surface area contributed by atoms with Crippen LogP contribution >= 0.6 is 0 Å². The monoisotopic (exact) mass is 759 g/mol. The number of ether oxygens (including phenoxy) is 1. The Morgan fingerprint density at radius 2 is 1.26 bits per heavy atom. The Kier molecular flexibility index (Phi) is 6.13. The molecule has 1 aliphatic heterocycles. The van der Waals surface area contributed by atoms with Crippen molar-refractivity contribution in [1.82, 2.24) is 14.1 Å². The van der Waals surface area contributed by atoms with Gasteiger partial charge in [-0.3, -0.25) is 13.7 Å². The van der Waals surface area contributed by atoms with Crippen LogP contribution in [0.1, 0.15) is 26.5 Å². The second-order valence-corrected chi connectivity index (χ2v) is 14.2. The normalized spacial score (nSPS) is 15.3. The van der Waals surface area contributed by atoms with Crippen molar-refractivity contribution in [3.8, 4) is 50.9 Å². The number of imidazole rings is 1. The molecule has 11 rings (SSSR count). The Bertz CT molecular complexity index is 3550. The van der Waals surface area contributed by atoms with Crippen LogP contribution in [0.4, 0.5) is 5.69 Å². The predicted molar refractivity (Wildman–Crippen MR) is 235 cm³/mol. The average molecular weight is 760 g/mol. The van der Waals surface area contributed by atoms with Gasteiger partial charge in [-0.05, 0) is 83.6 Å². The fraction of sp³-hybridized carbons (Fsp3) is 0.0769. The summed E-state index contributed by atoms with van der Waals surface area (Å²) in [5, 5.41) is 2.14. The van der Waals surface area contributed by atoms with E-state index in [2.05, 4.69) is 46.1 Å². The number of pyridine rings is 1. The van der Waals surface area contributed by atoms with Crippen LogP contribution in [0.3, 0.4) is 0 Å². The number of benzene rings is 7. The molecule has 0 amide bonds. The molecule has 7 aromatic carbocycles. The third-order valence-electron chi connectivity index (χ3n) is 10.8. The standard InChI is InChI=1S/C52H39N5O/c1-3-15-37(16-4-1)43-22-14-23-44(38-17-5-2-6-18-38)52(43)56-36-55(48-25-9-10-26-49(48)56)39-19-13-20-41(33-39)58-42-28-29-46-45-21-7-8-24-47(45)57(50(46)34-42)51-30-27-40(35-53-51)54-31-11-12-32-54/h1-10,13-30,33-35H,11-12,31-32H2/i1D,2D,3D,4D,5D,6D,15D,16D,17D,18D. The van der Waals surface area contributed by atoms with Gasteiger partial charge in [-0.15, -0.1) is 0 Å². The van der Waals surface area contributed by atoms with Crippen molar-refractivity contribution in [3.05, 3.63) is 194 Å². The maximum Gasteiger partial charge on any atom is 0.269 e. The highest BCUT2D eigenvalue weighted by Gasteiger charge is 2.20. The smallest absolute Gasteiger partial charge is 0.269 e. The molecule has 0 bridgehead atoms. The van der Waals surface area contributed by atoms with E-state index in [0.717, 1.165) is 46.4 Å². The van der Waals surface area contributed by atoms with E-state index >= 15 is 0 Å². The number of hydrogen-bond donors (Lipinski definition) is 0. The predicted octanol–water partition coefficient (Wildman–Crippen LogP) is 11.9. The third-order valence-corrected chi connectivity index (χ3v) is 10.8. The largest absolute Gasteiger partial charge is 0.458 e. The number of aromatic nitrogens is 4. The molecule has 0 atom stereocenters. The molecule has 0 saturated carbocycles. The van der Waals surface area contributed by atoms with Crippen LogP contribution in [0.2, 0.25) is 0 Å². The van der Waals surface area contributed by atoms with E-state index in [-0.39, 0.29) is 27.9 Å². The summed E-state index contributed by atoms with van der Waals surface area (Å²) in [4.78, 5) is 7.31. The maximum atomic E-state index is 9.00. The zero-order valence-corrected chi connectivity index (χ0v) is 31.1. The van der Waals surface area contributed by atoms with Gasteiger partial charge < -0.3 is 9.64 Å². The zero-order chi connectivity index (χ0) is 47.1. The Labute approximate surface area is 351 Å². The van der Waals surface area contributed by atoms with Gasteiger partial charge in [0.15, 0.2) is 0 Å². The summed E-state index contributed by atoms with van der Waals surface area (Å²) in [5.41, 5.74) is 5.19. The van der Waals surface area contributed by atoms with E-state index in [1.165, 1.54) is 12.8 Å². The molecule has 0 N–H and O–H groups in total. The number of para-hydroxylation sites is 4. The van der Waals surface area contributed by atoms with Gasteiger partial charge in [0.2, 0.25) is 0 Å². The highest BCUT2D eigenvalue weighted by Crippen LogP contribution is 2.37. The van der Waals surface area contributed by atoms with E-state index in [9.17, 15) is 0 Å². The Balaban J connectivity index is 1.06. The van der Waals surface area contributed by atoms with E-state index < -0.39 is 60.4 Å². The molecule has 6 heteroatoms. The molecule has 0 spiro atoms. The first kappa shape index (κ1) is 24.9. The Hall–Kier alpha value is -7.44. The third kappa shape index (κ3) is 5.89. The summed E-state index contributed by atoms with van der Waals surface area (Å²) in [5.74, 6) is 1.92. The number of fused-ring (bicyclic) bond motifs is 4. The van der Waals surface area contributed by atoms with E-state index in [0.29, 0.717) is 28.2 Å².